The van der Waals surface area contributed by atoms with Crippen molar-refractivity contribution in [1.82, 2.24) is 88.5 Å². The summed E-state index contributed by atoms with van der Waals surface area (Å²) in [6, 6.07) is 10.4. The fourth-order valence-electron chi connectivity index (χ4n) is 6.85. The molecule has 10 aromatic rings. The predicted octanol–water partition coefficient (Wildman–Crippen LogP) is 4.01. The molecule has 0 aromatic carbocycles. The van der Waals surface area contributed by atoms with Crippen LogP contribution in [0.3, 0.4) is 0 Å². The van der Waals surface area contributed by atoms with E-state index in [1.54, 1.807) is 45.0 Å². The highest BCUT2D eigenvalue weighted by atomic mass is 16.5. The van der Waals surface area contributed by atoms with Gasteiger partial charge in [-0.05, 0) is 49.1 Å². The van der Waals surface area contributed by atoms with Crippen molar-refractivity contribution in [3.63, 3.8) is 0 Å². The number of hydrogen-bond acceptors (Lipinski definition) is 13. The van der Waals surface area contributed by atoms with Gasteiger partial charge in [-0.3, -0.25) is 9.36 Å². The number of ether oxygens (including phenoxy) is 1. The Bertz CT molecular complexity index is 2960. The van der Waals surface area contributed by atoms with E-state index in [1.807, 2.05) is 82.1 Å². The third-order valence-electron chi connectivity index (χ3n) is 9.93. The minimum Gasteiger partial charge on any atom is -0.381 e. The number of hydrogen-bond donors (Lipinski definition) is 0. The summed E-state index contributed by atoms with van der Waals surface area (Å²) in [6.07, 6.45) is 22.4. The lowest BCUT2D eigenvalue weighted by molar-refractivity contribution is 0.0662. The summed E-state index contributed by atoms with van der Waals surface area (Å²) in [5.41, 5.74) is 9.75. The highest BCUT2D eigenvalue weighted by molar-refractivity contribution is 5.70. The Kier molecular flexibility index (Phi) is 8.24. The second-order valence-corrected chi connectivity index (χ2v) is 13.6. The average Bonchev–Trinajstić information content (AvgIpc) is 4.10. The van der Waals surface area contributed by atoms with Crippen LogP contribution in [0.15, 0.2) is 98.5 Å². The van der Waals surface area contributed by atoms with Crippen LogP contribution in [0.1, 0.15) is 43.0 Å². The summed E-state index contributed by atoms with van der Waals surface area (Å²) >= 11 is 0. The van der Waals surface area contributed by atoms with E-state index in [0.29, 0.717) is 35.2 Å². The largest absolute Gasteiger partial charge is 0.381 e. The Morgan fingerprint density at radius 2 is 1.54 bits per heavy atom. The van der Waals surface area contributed by atoms with Gasteiger partial charge in [0.25, 0.3) is 0 Å². The second kappa shape index (κ2) is 13.9. The molecule has 0 amide bonds. The fraction of sp³-hybridized carbons (Fsp3) is 0.243. The van der Waals surface area contributed by atoms with Crippen LogP contribution in [0.2, 0.25) is 0 Å². The van der Waals surface area contributed by atoms with E-state index in [4.69, 9.17) is 14.7 Å². The van der Waals surface area contributed by atoms with Crippen molar-refractivity contribution < 1.29 is 4.74 Å². The minimum atomic E-state index is -0.0507. The Morgan fingerprint density at radius 1 is 0.750 bits per heavy atom. The lowest BCUT2D eigenvalue weighted by Crippen LogP contribution is -2.19. The molecule has 1 aliphatic rings. The maximum absolute atomic E-state index is 5.45. The molecule has 1 fully saturated rings. The highest BCUT2D eigenvalue weighted by Gasteiger charge is 2.19. The summed E-state index contributed by atoms with van der Waals surface area (Å²) in [5.74, 6) is 0. The van der Waals surface area contributed by atoms with Gasteiger partial charge in [0.15, 0.2) is 11.3 Å². The zero-order valence-electron chi connectivity index (χ0n) is 30.4. The second-order valence-electron chi connectivity index (χ2n) is 13.6. The van der Waals surface area contributed by atoms with E-state index >= 15 is 0 Å². The van der Waals surface area contributed by atoms with Crippen LogP contribution in [-0.2, 0) is 18.3 Å². The molecule has 0 bridgehead atoms. The van der Waals surface area contributed by atoms with Crippen LogP contribution in [0, 0.1) is 0 Å². The van der Waals surface area contributed by atoms with E-state index in [0.717, 1.165) is 70.9 Å². The molecule has 1 saturated heterocycles. The number of aryl methyl sites for hydroxylation is 1. The topological polar surface area (TPSA) is 192 Å². The number of imidazole rings is 1. The molecule has 1 aliphatic heterocycles. The fourth-order valence-corrected chi connectivity index (χ4v) is 6.85. The first kappa shape index (κ1) is 33.3. The number of pyridine rings is 2. The van der Waals surface area contributed by atoms with Gasteiger partial charge in [-0.25, -0.2) is 38.8 Å². The summed E-state index contributed by atoms with van der Waals surface area (Å²) in [4.78, 5) is 22.6. The molecule has 278 valence electrons. The van der Waals surface area contributed by atoms with Crippen molar-refractivity contribution >= 4 is 33.8 Å². The summed E-state index contributed by atoms with van der Waals surface area (Å²) in [7, 11) is 1.87. The molecular weight excluding hydrogens is 713 g/mol. The van der Waals surface area contributed by atoms with Gasteiger partial charge in [0.1, 0.15) is 5.65 Å². The van der Waals surface area contributed by atoms with Gasteiger partial charge in [0.05, 0.1) is 60.3 Å². The average molecular weight is 747 g/mol. The van der Waals surface area contributed by atoms with Gasteiger partial charge in [0, 0.05) is 74.8 Å². The van der Waals surface area contributed by atoms with Crippen LogP contribution in [-0.4, -0.2) is 102 Å². The van der Waals surface area contributed by atoms with Crippen LogP contribution in [0.4, 0.5) is 0 Å². The number of rotatable bonds is 7. The molecule has 1 unspecified atom stereocenters. The Morgan fingerprint density at radius 3 is 2.38 bits per heavy atom. The maximum Gasteiger partial charge on any atom is 0.221 e. The van der Waals surface area contributed by atoms with Gasteiger partial charge in [-0.15, -0.1) is 10.2 Å². The summed E-state index contributed by atoms with van der Waals surface area (Å²) in [5, 5.41) is 29.9. The molecule has 0 N–H and O–H groups in total. The van der Waals surface area contributed by atoms with Crippen LogP contribution in [0.25, 0.3) is 56.3 Å². The molecule has 0 saturated carbocycles. The Labute approximate surface area is 317 Å². The van der Waals surface area contributed by atoms with Crippen LogP contribution < -0.4 is 0 Å². The lowest BCUT2D eigenvalue weighted by atomic mass is 10.1. The van der Waals surface area contributed by atoms with Crippen molar-refractivity contribution in [1.29, 1.82) is 0 Å². The van der Waals surface area contributed by atoms with Gasteiger partial charge < -0.3 is 9.14 Å². The number of aromatic nitrogens is 18. The molecule has 0 radical (unpaired) electrons. The summed E-state index contributed by atoms with van der Waals surface area (Å²) in [6.45, 7) is 4.15. The first-order chi connectivity index (χ1) is 27.5. The lowest BCUT2D eigenvalue weighted by Gasteiger charge is -2.22. The molecule has 11 heterocycles. The van der Waals surface area contributed by atoms with Gasteiger partial charge in [-0.1, -0.05) is 22.6 Å². The monoisotopic (exact) mass is 746 g/mol. The van der Waals surface area contributed by atoms with Crippen LogP contribution >= 0.6 is 0 Å². The first-order valence-corrected chi connectivity index (χ1v) is 18.1. The molecule has 19 nitrogen and oxygen atoms in total. The quantitative estimate of drug-likeness (QED) is 0.227. The summed E-state index contributed by atoms with van der Waals surface area (Å²) < 4.78 is 16.6. The van der Waals surface area contributed by atoms with Crippen molar-refractivity contribution in [3.05, 3.63) is 110 Å². The van der Waals surface area contributed by atoms with E-state index in [1.165, 1.54) is 0 Å². The van der Waals surface area contributed by atoms with Crippen molar-refractivity contribution in [3.8, 4) is 22.5 Å². The molecule has 11 rings (SSSR count). The van der Waals surface area contributed by atoms with Crippen LogP contribution in [0.5, 0.6) is 0 Å². The first-order valence-electron chi connectivity index (χ1n) is 18.1. The van der Waals surface area contributed by atoms with Gasteiger partial charge in [0.2, 0.25) is 11.3 Å². The van der Waals surface area contributed by atoms with E-state index in [-0.39, 0.29) is 6.04 Å². The van der Waals surface area contributed by atoms with E-state index < -0.39 is 0 Å². The van der Waals surface area contributed by atoms with E-state index in [2.05, 4.69) is 63.9 Å². The Balaban J connectivity index is 0.000000139. The van der Waals surface area contributed by atoms with Crippen molar-refractivity contribution in [2.75, 3.05) is 13.2 Å². The smallest absolute Gasteiger partial charge is 0.221 e. The third-order valence-corrected chi connectivity index (χ3v) is 9.93. The van der Waals surface area contributed by atoms with Gasteiger partial charge in [-0.2, -0.15) is 15.3 Å². The van der Waals surface area contributed by atoms with Gasteiger partial charge >= 0.3 is 0 Å². The van der Waals surface area contributed by atoms with Crippen molar-refractivity contribution in [2.45, 2.75) is 38.4 Å². The molecule has 19 heteroatoms. The molecular formula is C37H34N18O. The molecule has 10 aromatic heterocycles. The normalized spacial score (nSPS) is 14.2. The molecule has 0 aliphatic carbocycles. The Hall–Kier alpha value is -7.28. The molecule has 0 spiro atoms. The molecule has 56 heavy (non-hydrogen) atoms. The number of fused-ring (bicyclic) bond motifs is 4. The van der Waals surface area contributed by atoms with E-state index in [9.17, 15) is 0 Å². The predicted molar refractivity (Wildman–Crippen MR) is 202 cm³/mol. The zero-order chi connectivity index (χ0) is 37.6. The standard InChI is InChI=1S/C20H19N9O.C17H15N9/c1-2-16-3-6-22-27(16)11-14(1)12-29-20-19(25-26-29)21-10-18(24-20)15-9-23-28(13-15)17-4-7-30-8-5-17;1-11(12-3-4-15-18-5-6-25(15)10-12)26-17-16(22-23-26)19-8-14(21-17)13-7-20-24(2)9-13/h1-3,6,9-11,13,17H,4-5,7-8,12H2;3-11H,1-2H3. The maximum atomic E-state index is 5.45. The highest BCUT2D eigenvalue weighted by Crippen LogP contribution is 2.25. The minimum absolute atomic E-state index is 0.0507. The van der Waals surface area contributed by atoms with Crippen molar-refractivity contribution in [2.24, 2.45) is 7.05 Å². The SMILES string of the molecule is CC(c1ccc2nccn2c1)n1nnc2ncc(-c3cnn(C)c3)nc21.c1cc2ccc(Cn3nnc4ncc(-c5cnn(C6CCOCC6)c5)nc43)cn2n1. The third kappa shape index (κ3) is 6.28. The molecule has 1 atom stereocenters. The number of nitrogens with zero attached hydrogens (tertiary/aromatic N) is 18. The zero-order valence-corrected chi connectivity index (χ0v) is 30.4.